The number of amides is 1. The fraction of sp³-hybridized carbons (Fsp3) is 0.278. The van der Waals surface area contributed by atoms with Crippen molar-refractivity contribution >= 4 is 5.91 Å². The summed E-state index contributed by atoms with van der Waals surface area (Å²) < 4.78 is 10.5. The molecule has 0 heterocycles. The maximum Gasteiger partial charge on any atom is 0.224 e. The van der Waals surface area contributed by atoms with Gasteiger partial charge >= 0.3 is 0 Å². The van der Waals surface area contributed by atoms with E-state index in [0.29, 0.717) is 24.5 Å². The van der Waals surface area contributed by atoms with Crippen molar-refractivity contribution in [3.63, 3.8) is 0 Å². The van der Waals surface area contributed by atoms with Crippen molar-refractivity contribution in [2.45, 2.75) is 19.9 Å². The molecule has 22 heavy (non-hydrogen) atoms. The van der Waals surface area contributed by atoms with Crippen LogP contribution in [0.2, 0.25) is 0 Å². The summed E-state index contributed by atoms with van der Waals surface area (Å²) in [5.74, 6) is 1.34. The summed E-state index contributed by atoms with van der Waals surface area (Å²) in [5.41, 5.74) is 3.15. The van der Waals surface area contributed by atoms with E-state index in [1.54, 1.807) is 14.2 Å². The van der Waals surface area contributed by atoms with E-state index in [1.165, 1.54) is 0 Å². The number of methoxy groups -OCH3 is 2. The molecule has 2 rings (SSSR count). The highest BCUT2D eigenvalue weighted by Gasteiger charge is 2.07. The molecule has 0 aliphatic heterocycles. The van der Waals surface area contributed by atoms with Crippen LogP contribution in [0, 0.1) is 6.92 Å². The fourth-order valence-electron chi connectivity index (χ4n) is 2.24. The Morgan fingerprint density at radius 3 is 2.45 bits per heavy atom. The van der Waals surface area contributed by atoms with Gasteiger partial charge in [-0.15, -0.1) is 0 Å². The second-order valence-electron chi connectivity index (χ2n) is 5.07. The first kappa shape index (κ1) is 15.9. The number of hydrogen-bond acceptors (Lipinski definition) is 3. The van der Waals surface area contributed by atoms with Crippen LogP contribution in [0.1, 0.15) is 16.7 Å². The molecule has 0 radical (unpaired) electrons. The van der Waals surface area contributed by atoms with Crippen molar-refractivity contribution in [1.82, 2.24) is 5.32 Å². The molecular weight excluding hydrogens is 278 g/mol. The zero-order chi connectivity index (χ0) is 15.9. The first-order valence-electron chi connectivity index (χ1n) is 7.16. The minimum atomic E-state index is 0.00378. The van der Waals surface area contributed by atoms with Crippen LogP contribution in [0.3, 0.4) is 0 Å². The lowest BCUT2D eigenvalue weighted by molar-refractivity contribution is -0.120. The molecule has 0 aromatic heterocycles. The Kier molecular flexibility index (Phi) is 5.42. The van der Waals surface area contributed by atoms with Crippen LogP contribution in [0.15, 0.2) is 42.5 Å². The van der Waals surface area contributed by atoms with Gasteiger partial charge in [-0.05, 0) is 35.7 Å². The van der Waals surface area contributed by atoms with Crippen molar-refractivity contribution in [2.24, 2.45) is 0 Å². The van der Waals surface area contributed by atoms with Crippen molar-refractivity contribution in [3.8, 4) is 11.5 Å². The summed E-state index contributed by atoms with van der Waals surface area (Å²) in [5, 5.41) is 2.93. The first-order chi connectivity index (χ1) is 10.6. The summed E-state index contributed by atoms with van der Waals surface area (Å²) in [6.45, 7) is 2.47. The third kappa shape index (κ3) is 4.01. The minimum absolute atomic E-state index is 0.00378. The maximum atomic E-state index is 12.0. The topological polar surface area (TPSA) is 47.6 Å². The molecule has 1 amide bonds. The molecule has 0 fully saturated rings. The van der Waals surface area contributed by atoms with Crippen LogP contribution >= 0.6 is 0 Å². The standard InChI is InChI=1S/C18H21NO3/c1-13-6-4-5-7-15(13)11-18(20)19-12-14-8-9-16(21-2)17(10-14)22-3/h4-10H,11-12H2,1-3H3,(H,19,20). The van der Waals surface area contributed by atoms with Gasteiger partial charge in [-0.25, -0.2) is 0 Å². The van der Waals surface area contributed by atoms with Gasteiger partial charge in [0.2, 0.25) is 5.91 Å². The SMILES string of the molecule is COc1ccc(CNC(=O)Cc2ccccc2C)cc1OC. The third-order valence-corrected chi connectivity index (χ3v) is 3.55. The van der Waals surface area contributed by atoms with Crippen LogP contribution in [-0.4, -0.2) is 20.1 Å². The van der Waals surface area contributed by atoms with E-state index in [9.17, 15) is 4.79 Å². The Bertz CT molecular complexity index is 653. The Morgan fingerprint density at radius 1 is 1.05 bits per heavy atom. The van der Waals surface area contributed by atoms with Gasteiger partial charge in [-0.2, -0.15) is 0 Å². The lowest BCUT2D eigenvalue weighted by atomic mass is 10.1. The number of ether oxygens (including phenoxy) is 2. The number of hydrogen-bond donors (Lipinski definition) is 1. The van der Waals surface area contributed by atoms with Gasteiger partial charge in [0.1, 0.15) is 0 Å². The largest absolute Gasteiger partial charge is 0.493 e. The van der Waals surface area contributed by atoms with Gasteiger partial charge in [0.05, 0.1) is 20.6 Å². The van der Waals surface area contributed by atoms with Gasteiger partial charge in [-0.1, -0.05) is 30.3 Å². The lowest BCUT2D eigenvalue weighted by Crippen LogP contribution is -2.24. The van der Waals surface area contributed by atoms with Crippen LogP contribution in [-0.2, 0) is 17.8 Å². The highest BCUT2D eigenvalue weighted by Crippen LogP contribution is 2.27. The van der Waals surface area contributed by atoms with E-state index in [0.717, 1.165) is 16.7 Å². The van der Waals surface area contributed by atoms with Crippen molar-refractivity contribution in [1.29, 1.82) is 0 Å². The molecule has 0 spiro atoms. The highest BCUT2D eigenvalue weighted by atomic mass is 16.5. The number of carbonyl (C=O) groups excluding carboxylic acids is 1. The summed E-state index contributed by atoms with van der Waals surface area (Å²) >= 11 is 0. The summed E-state index contributed by atoms with van der Waals surface area (Å²) in [6, 6.07) is 13.5. The van der Waals surface area contributed by atoms with E-state index in [4.69, 9.17) is 9.47 Å². The molecule has 2 aromatic carbocycles. The number of nitrogens with one attached hydrogen (secondary N) is 1. The minimum Gasteiger partial charge on any atom is -0.493 e. The average molecular weight is 299 g/mol. The van der Waals surface area contributed by atoms with Crippen LogP contribution in [0.4, 0.5) is 0 Å². The summed E-state index contributed by atoms with van der Waals surface area (Å²) in [7, 11) is 3.19. The lowest BCUT2D eigenvalue weighted by Gasteiger charge is -2.11. The molecule has 116 valence electrons. The van der Waals surface area contributed by atoms with Gasteiger partial charge < -0.3 is 14.8 Å². The molecule has 0 unspecified atom stereocenters. The van der Waals surface area contributed by atoms with Crippen molar-refractivity contribution in [2.75, 3.05) is 14.2 Å². The quantitative estimate of drug-likeness (QED) is 0.892. The molecule has 4 heteroatoms. The fourth-order valence-corrected chi connectivity index (χ4v) is 2.24. The monoisotopic (exact) mass is 299 g/mol. The summed E-state index contributed by atoms with van der Waals surface area (Å²) in [6.07, 6.45) is 0.389. The number of benzene rings is 2. The molecule has 0 aliphatic rings. The van der Waals surface area contributed by atoms with Gasteiger partial charge in [0, 0.05) is 6.54 Å². The van der Waals surface area contributed by atoms with E-state index in [2.05, 4.69) is 5.32 Å². The Balaban J connectivity index is 1.95. The van der Waals surface area contributed by atoms with Crippen LogP contribution < -0.4 is 14.8 Å². The smallest absolute Gasteiger partial charge is 0.224 e. The number of aryl methyl sites for hydroxylation is 1. The molecule has 2 aromatic rings. The second-order valence-corrected chi connectivity index (χ2v) is 5.07. The van der Waals surface area contributed by atoms with Crippen molar-refractivity contribution in [3.05, 3.63) is 59.2 Å². The second kappa shape index (κ2) is 7.50. The van der Waals surface area contributed by atoms with Gasteiger partial charge in [-0.3, -0.25) is 4.79 Å². The molecule has 1 N–H and O–H groups in total. The van der Waals surface area contributed by atoms with Crippen molar-refractivity contribution < 1.29 is 14.3 Å². The molecule has 0 atom stereocenters. The zero-order valence-corrected chi connectivity index (χ0v) is 13.2. The molecule has 4 nitrogen and oxygen atoms in total. The maximum absolute atomic E-state index is 12.0. The van der Waals surface area contributed by atoms with E-state index in [-0.39, 0.29) is 5.91 Å². The summed E-state index contributed by atoms with van der Waals surface area (Å²) in [4.78, 5) is 12.0. The number of carbonyl (C=O) groups is 1. The predicted octanol–water partition coefficient (Wildman–Crippen LogP) is 2.87. The molecule has 0 bridgehead atoms. The van der Waals surface area contributed by atoms with E-state index < -0.39 is 0 Å². The molecule has 0 saturated carbocycles. The highest BCUT2D eigenvalue weighted by molar-refractivity contribution is 5.78. The Morgan fingerprint density at radius 2 is 1.77 bits per heavy atom. The average Bonchev–Trinajstić information content (AvgIpc) is 2.54. The third-order valence-electron chi connectivity index (χ3n) is 3.55. The van der Waals surface area contributed by atoms with Gasteiger partial charge in [0.25, 0.3) is 0 Å². The predicted molar refractivity (Wildman–Crippen MR) is 86.3 cm³/mol. The van der Waals surface area contributed by atoms with E-state index in [1.807, 2.05) is 49.4 Å². The molecular formula is C18H21NO3. The Labute approximate surface area is 131 Å². The zero-order valence-electron chi connectivity index (χ0n) is 13.2. The molecule has 0 aliphatic carbocycles. The molecule has 0 saturated heterocycles. The van der Waals surface area contributed by atoms with Crippen LogP contribution in [0.25, 0.3) is 0 Å². The normalized spacial score (nSPS) is 10.1. The van der Waals surface area contributed by atoms with Gasteiger partial charge in [0.15, 0.2) is 11.5 Å². The van der Waals surface area contributed by atoms with Crippen LogP contribution in [0.5, 0.6) is 11.5 Å². The Hall–Kier alpha value is -2.49. The first-order valence-corrected chi connectivity index (χ1v) is 7.16. The van der Waals surface area contributed by atoms with E-state index >= 15 is 0 Å². The number of rotatable bonds is 6.